The van der Waals surface area contributed by atoms with Crippen LogP contribution in [-0.4, -0.2) is 78.1 Å². The molecule has 2 unspecified atom stereocenters. The van der Waals surface area contributed by atoms with E-state index in [9.17, 15) is 19.2 Å². The molecule has 13 heteroatoms. The molecule has 0 heterocycles. The van der Waals surface area contributed by atoms with E-state index in [4.69, 9.17) is 28.4 Å². The van der Waals surface area contributed by atoms with Gasteiger partial charge in [0.15, 0.2) is 12.6 Å². The Morgan fingerprint density at radius 1 is 0.650 bits per heavy atom. The van der Waals surface area contributed by atoms with E-state index < -0.39 is 29.8 Å². The van der Waals surface area contributed by atoms with Crippen LogP contribution in [0.1, 0.15) is 93.4 Å². The second-order valence-electron chi connectivity index (χ2n) is 9.99. The zero-order chi connectivity index (χ0) is 31.2. The van der Waals surface area contributed by atoms with Crippen LogP contribution >= 0.6 is 37.9 Å². The van der Waals surface area contributed by atoms with Crippen LogP contribution in [0, 0.1) is 0 Å². The van der Waals surface area contributed by atoms with Crippen molar-refractivity contribution in [1.29, 1.82) is 0 Å². The average molecular weight is 631 g/mol. The number of rotatable bonds is 20. The topological polar surface area (TPSA) is 124 Å². The maximum Gasteiger partial charge on any atom is 0.317 e. The predicted octanol–water partition coefficient (Wildman–Crippen LogP) is 4.97. The summed E-state index contributed by atoms with van der Waals surface area (Å²) in [7, 11) is 0. The summed E-state index contributed by atoms with van der Waals surface area (Å²) in [5.74, 6) is -0.208. The van der Waals surface area contributed by atoms with E-state index in [1.165, 1.54) is 0 Å². The fourth-order valence-electron chi connectivity index (χ4n) is 2.87. The van der Waals surface area contributed by atoms with Gasteiger partial charge in [-0.1, -0.05) is 6.92 Å². The van der Waals surface area contributed by atoms with E-state index in [2.05, 4.69) is 37.9 Å². The Balaban J connectivity index is 0. The molecule has 2 atom stereocenters. The molecule has 0 bridgehead atoms. The quantitative estimate of drug-likeness (QED) is 0.0559. The number of unbranched alkanes of at least 4 members (excludes halogenated alkanes) is 1. The molecule has 0 aromatic rings. The van der Waals surface area contributed by atoms with Crippen LogP contribution in [0.15, 0.2) is 0 Å². The SMILES string of the molecule is CC(C)(CCC(C)(C)OC(=O)CCS)OC(=O)CCS.CCC(=O)OC(C)OCCCCOC(C)OC(=O)CS. The molecule has 236 valence electrons. The number of ether oxygens (including phenoxy) is 6. The monoisotopic (exact) mass is 630 g/mol. The predicted molar refractivity (Wildman–Crippen MR) is 163 cm³/mol. The Labute approximate surface area is 256 Å². The summed E-state index contributed by atoms with van der Waals surface area (Å²) >= 11 is 11.8. The normalized spacial score (nSPS) is 12.8. The van der Waals surface area contributed by atoms with E-state index in [0.717, 1.165) is 12.8 Å². The molecular formula is C27H50O10S3. The molecule has 0 aromatic heterocycles. The molecule has 0 rings (SSSR count). The van der Waals surface area contributed by atoms with Crippen LogP contribution in [0.4, 0.5) is 0 Å². The highest BCUT2D eigenvalue weighted by Crippen LogP contribution is 2.25. The summed E-state index contributed by atoms with van der Waals surface area (Å²) in [5, 5.41) is 0. The van der Waals surface area contributed by atoms with Crippen molar-refractivity contribution < 1.29 is 47.6 Å². The molecule has 0 aliphatic heterocycles. The lowest BCUT2D eigenvalue weighted by atomic mass is 9.93. The first kappa shape index (κ1) is 41.0. The van der Waals surface area contributed by atoms with Crippen molar-refractivity contribution in [3.8, 4) is 0 Å². The second kappa shape index (κ2) is 23.4. The van der Waals surface area contributed by atoms with Crippen molar-refractivity contribution in [3.63, 3.8) is 0 Å². The second-order valence-corrected chi connectivity index (χ2v) is 11.2. The number of hydrogen-bond donors (Lipinski definition) is 3. The Kier molecular flexibility index (Phi) is 24.0. The van der Waals surface area contributed by atoms with Gasteiger partial charge in [-0.15, -0.1) is 0 Å². The number of carbonyl (C=O) groups excluding carboxylic acids is 4. The third-order valence-corrected chi connectivity index (χ3v) is 5.70. The average Bonchev–Trinajstić information content (AvgIpc) is 2.85. The fraction of sp³-hybridized carbons (Fsp3) is 0.852. The van der Waals surface area contributed by atoms with Gasteiger partial charge in [-0.05, 0) is 67.2 Å². The zero-order valence-corrected chi connectivity index (χ0v) is 27.7. The van der Waals surface area contributed by atoms with Gasteiger partial charge < -0.3 is 28.4 Å². The smallest absolute Gasteiger partial charge is 0.317 e. The Morgan fingerprint density at radius 2 is 1.02 bits per heavy atom. The molecule has 40 heavy (non-hydrogen) atoms. The van der Waals surface area contributed by atoms with Crippen LogP contribution in [0.2, 0.25) is 0 Å². The molecule has 10 nitrogen and oxygen atoms in total. The van der Waals surface area contributed by atoms with E-state index in [0.29, 0.717) is 56.8 Å². The molecule has 0 aliphatic rings. The minimum Gasteiger partial charge on any atom is -0.460 e. The van der Waals surface area contributed by atoms with Gasteiger partial charge >= 0.3 is 23.9 Å². The molecule has 0 aliphatic carbocycles. The highest BCUT2D eigenvalue weighted by Gasteiger charge is 2.29. The summed E-state index contributed by atoms with van der Waals surface area (Å²) in [6.45, 7) is 13.4. The zero-order valence-electron chi connectivity index (χ0n) is 25.1. The molecule has 0 saturated heterocycles. The Hall–Kier alpha value is -1.15. The first-order valence-corrected chi connectivity index (χ1v) is 15.4. The molecule has 0 spiro atoms. The van der Waals surface area contributed by atoms with Crippen molar-refractivity contribution in [2.75, 3.05) is 30.5 Å². The van der Waals surface area contributed by atoms with E-state index in [-0.39, 0.29) is 23.7 Å². The Morgan fingerprint density at radius 3 is 1.35 bits per heavy atom. The lowest BCUT2D eigenvalue weighted by Crippen LogP contribution is -2.34. The summed E-state index contributed by atoms with van der Waals surface area (Å²) < 4.78 is 31.2. The van der Waals surface area contributed by atoms with Crippen LogP contribution in [0.25, 0.3) is 0 Å². The maximum absolute atomic E-state index is 11.5. The molecule has 0 amide bonds. The number of esters is 4. The summed E-state index contributed by atoms with van der Waals surface area (Å²) in [6, 6.07) is 0. The summed E-state index contributed by atoms with van der Waals surface area (Å²) in [5.41, 5.74) is -1.15. The van der Waals surface area contributed by atoms with Gasteiger partial charge in [-0.2, -0.15) is 37.9 Å². The molecular weight excluding hydrogens is 580 g/mol. The van der Waals surface area contributed by atoms with Gasteiger partial charge in [0.2, 0.25) is 0 Å². The van der Waals surface area contributed by atoms with Gasteiger partial charge in [0.25, 0.3) is 0 Å². The lowest BCUT2D eigenvalue weighted by Gasteiger charge is -2.31. The van der Waals surface area contributed by atoms with Crippen LogP contribution in [0.5, 0.6) is 0 Å². The van der Waals surface area contributed by atoms with Crippen molar-refractivity contribution in [1.82, 2.24) is 0 Å². The molecule has 0 fully saturated rings. The standard InChI is InChI=1S/C14H26O4S2.C13H24O6S/c1-13(2,17-11(15)5-9-19)7-8-14(3,4)18-12(16)6-10-20;1-4-12(14)18-10(2)16-7-5-6-8-17-11(3)19-13(15)9-20/h19-20H,5-10H2,1-4H3;10-11,20H,4-9H2,1-3H3. The summed E-state index contributed by atoms with van der Waals surface area (Å²) in [6.07, 6.45) is 2.60. The van der Waals surface area contributed by atoms with Crippen LogP contribution < -0.4 is 0 Å². The van der Waals surface area contributed by atoms with Gasteiger partial charge in [0, 0.05) is 17.9 Å². The van der Waals surface area contributed by atoms with Crippen LogP contribution in [-0.2, 0) is 47.6 Å². The Bertz CT molecular complexity index is 671. The fourth-order valence-corrected chi connectivity index (χ4v) is 3.31. The van der Waals surface area contributed by atoms with Gasteiger partial charge in [-0.25, -0.2) is 0 Å². The lowest BCUT2D eigenvalue weighted by molar-refractivity contribution is -0.177. The van der Waals surface area contributed by atoms with E-state index in [1.807, 2.05) is 27.7 Å². The van der Waals surface area contributed by atoms with E-state index >= 15 is 0 Å². The van der Waals surface area contributed by atoms with Gasteiger partial charge in [-0.3, -0.25) is 19.2 Å². The number of carbonyl (C=O) groups is 4. The third kappa shape index (κ3) is 25.8. The third-order valence-electron chi connectivity index (χ3n) is 5.00. The highest BCUT2D eigenvalue weighted by atomic mass is 32.1. The first-order valence-electron chi connectivity index (χ1n) is 13.5. The minimum atomic E-state index is -0.576. The minimum absolute atomic E-state index is 0.0376. The van der Waals surface area contributed by atoms with Crippen molar-refractivity contribution >= 4 is 61.8 Å². The van der Waals surface area contributed by atoms with Crippen molar-refractivity contribution in [2.24, 2.45) is 0 Å². The van der Waals surface area contributed by atoms with E-state index in [1.54, 1.807) is 20.8 Å². The van der Waals surface area contributed by atoms with Crippen LogP contribution in [0.3, 0.4) is 0 Å². The van der Waals surface area contributed by atoms with Gasteiger partial charge in [0.05, 0.1) is 31.8 Å². The molecule has 0 N–H and O–H groups in total. The summed E-state index contributed by atoms with van der Waals surface area (Å²) in [4.78, 5) is 44.8. The number of hydrogen-bond acceptors (Lipinski definition) is 13. The van der Waals surface area contributed by atoms with Gasteiger partial charge in [0.1, 0.15) is 11.2 Å². The highest BCUT2D eigenvalue weighted by molar-refractivity contribution is 7.81. The first-order chi connectivity index (χ1) is 18.6. The molecule has 0 saturated carbocycles. The van der Waals surface area contributed by atoms with Crippen molar-refractivity contribution in [2.45, 2.75) is 117 Å². The van der Waals surface area contributed by atoms with Crippen molar-refractivity contribution in [3.05, 3.63) is 0 Å². The molecule has 0 aromatic carbocycles. The maximum atomic E-state index is 11.5. The molecule has 0 radical (unpaired) electrons. The number of thiol groups is 3. The largest absolute Gasteiger partial charge is 0.460 e.